The number of hydrogen-bond donors (Lipinski definition) is 2. The number of hydrogen-bond acceptors (Lipinski definition) is 7. The van der Waals surface area contributed by atoms with E-state index < -0.39 is 0 Å². The number of phenolic OH excluding ortho intramolecular Hbond substituents is 1. The maximum atomic E-state index is 10.7. The first-order chi connectivity index (χ1) is 18.9. The highest BCUT2D eigenvalue weighted by Gasteiger charge is 2.27. The third-order valence-electron chi connectivity index (χ3n) is 6.53. The van der Waals surface area contributed by atoms with Gasteiger partial charge in [-0.1, -0.05) is 42.7 Å². The Hall–Kier alpha value is -3.39. The first kappa shape index (κ1) is 31.8. The third kappa shape index (κ3) is 10.4. The van der Waals surface area contributed by atoms with Crippen LogP contribution in [0.4, 0.5) is 4.79 Å². The summed E-state index contributed by atoms with van der Waals surface area (Å²) in [5.74, 6) is 1.88. The van der Waals surface area contributed by atoms with Gasteiger partial charge >= 0.3 is 6.09 Å². The van der Waals surface area contributed by atoms with Crippen molar-refractivity contribution in [3.8, 4) is 5.75 Å². The minimum atomic E-state index is -0.350. The molecule has 4 rings (SSSR count). The summed E-state index contributed by atoms with van der Waals surface area (Å²) in [5, 5.41) is 12.7. The number of phenols is 1. The molecule has 214 valence electrons. The second-order valence-electron chi connectivity index (χ2n) is 9.82. The van der Waals surface area contributed by atoms with E-state index in [1.54, 1.807) is 13.1 Å². The number of para-hydroxylation sites is 1. The molecular weight excluding hydrogens is 492 g/mol. The van der Waals surface area contributed by atoms with Crippen molar-refractivity contribution >= 4 is 17.8 Å². The lowest BCUT2D eigenvalue weighted by Crippen LogP contribution is -2.38. The summed E-state index contributed by atoms with van der Waals surface area (Å²) in [6.45, 7) is 15.8. The van der Waals surface area contributed by atoms with E-state index in [0.29, 0.717) is 24.6 Å². The highest BCUT2D eigenvalue weighted by molar-refractivity contribution is 6.15. The van der Waals surface area contributed by atoms with Crippen LogP contribution in [-0.2, 0) is 9.47 Å². The van der Waals surface area contributed by atoms with Crippen LogP contribution in [0.2, 0.25) is 0 Å². The molecule has 8 heteroatoms. The minimum Gasteiger partial charge on any atom is -0.507 e. The summed E-state index contributed by atoms with van der Waals surface area (Å²) in [6.07, 6.45) is 10.6. The van der Waals surface area contributed by atoms with Crippen molar-refractivity contribution < 1.29 is 19.4 Å². The van der Waals surface area contributed by atoms with Gasteiger partial charge in [-0.25, -0.2) is 9.79 Å². The number of carbonyl (C=O) groups is 1. The fourth-order valence-electron chi connectivity index (χ4n) is 4.44. The van der Waals surface area contributed by atoms with Crippen LogP contribution in [0.25, 0.3) is 0 Å². The van der Waals surface area contributed by atoms with Crippen molar-refractivity contribution in [3.05, 3.63) is 66.3 Å². The first-order valence-corrected chi connectivity index (χ1v) is 13.9. The van der Waals surface area contributed by atoms with Crippen molar-refractivity contribution in [1.82, 2.24) is 10.2 Å². The Labute approximate surface area is 234 Å². The number of ether oxygens (including phenoxy) is 2. The number of allylic oxidation sites excluding steroid dienone is 3. The average Bonchev–Trinajstić information content (AvgIpc) is 3.24. The number of rotatable bonds is 3. The van der Waals surface area contributed by atoms with Crippen LogP contribution in [0.5, 0.6) is 5.75 Å². The summed E-state index contributed by atoms with van der Waals surface area (Å²) in [6, 6.07) is 7.33. The number of nitrogens with zero attached hydrogens (tertiary/aromatic N) is 3. The predicted molar refractivity (Wildman–Crippen MR) is 160 cm³/mol. The maximum absolute atomic E-state index is 10.7. The van der Waals surface area contributed by atoms with E-state index in [1.165, 1.54) is 31.3 Å². The normalized spacial score (nSPS) is 20.6. The smallest absolute Gasteiger partial charge is 0.407 e. The molecule has 0 saturated carbocycles. The van der Waals surface area contributed by atoms with Crippen LogP contribution >= 0.6 is 0 Å². The average molecular weight is 539 g/mol. The van der Waals surface area contributed by atoms with Crippen molar-refractivity contribution in [1.29, 1.82) is 0 Å². The van der Waals surface area contributed by atoms with E-state index in [-0.39, 0.29) is 24.0 Å². The van der Waals surface area contributed by atoms with Gasteiger partial charge in [0, 0.05) is 38.6 Å². The standard InChI is InChI=1S/C22H29N3O.C7H13NO3.C2H4/c1-16(2)12-13-18-17(3)23-21(19-10-6-7-11-20(19)26)24-22(18)25-14-8-4-5-9-15-25;1-8-7(9)11-6-2-4-10-5-3-6;1-2/h6-7,10-13,17,26H,4-5,8-9,14-15H2,1-3H3;6H,2-5H2,1H3,(H,8,9);1-2H2/b18-13+;;. The molecule has 1 unspecified atom stereocenters. The van der Waals surface area contributed by atoms with E-state index in [2.05, 4.69) is 56.3 Å². The van der Waals surface area contributed by atoms with E-state index in [4.69, 9.17) is 19.5 Å². The van der Waals surface area contributed by atoms with Crippen molar-refractivity contribution in [2.24, 2.45) is 9.98 Å². The Morgan fingerprint density at radius 1 is 1.13 bits per heavy atom. The van der Waals surface area contributed by atoms with E-state index in [0.717, 1.165) is 37.3 Å². The second-order valence-corrected chi connectivity index (χ2v) is 9.82. The van der Waals surface area contributed by atoms with Crippen LogP contribution in [-0.4, -0.2) is 73.3 Å². The van der Waals surface area contributed by atoms with Gasteiger partial charge < -0.3 is 24.8 Å². The molecule has 3 heterocycles. The number of likely N-dealkylation sites (tertiary alicyclic amines) is 1. The Morgan fingerprint density at radius 3 is 2.36 bits per heavy atom. The molecule has 0 bridgehead atoms. The molecule has 1 amide bonds. The zero-order valence-electron chi connectivity index (χ0n) is 24.1. The van der Waals surface area contributed by atoms with Gasteiger partial charge in [0.25, 0.3) is 0 Å². The number of benzene rings is 1. The minimum absolute atomic E-state index is 0.0101. The molecule has 8 nitrogen and oxygen atoms in total. The molecule has 1 atom stereocenters. The molecule has 39 heavy (non-hydrogen) atoms. The van der Waals surface area contributed by atoms with Gasteiger partial charge in [-0.05, 0) is 45.7 Å². The summed E-state index contributed by atoms with van der Waals surface area (Å²) in [7, 11) is 1.56. The van der Waals surface area contributed by atoms with Gasteiger partial charge in [0.1, 0.15) is 17.7 Å². The first-order valence-electron chi connectivity index (χ1n) is 13.9. The topological polar surface area (TPSA) is 95.8 Å². The summed E-state index contributed by atoms with van der Waals surface area (Å²) < 4.78 is 10.1. The van der Waals surface area contributed by atoms with Crippen LogP contribution < -0.4 is 5.32 Å². The van der Waals surface area contributed by atoms with Crippen molar-refractivity contribution in [3.63, 3.8) is 0 Å². The maximum Gasteiger partial charge on any atom is 0.407 e. The third-order valence-corrected chi connectivity index (χ3v) is 6.53. The molecule has 3 aliphatic rings. The monoisotopic (exact) mass is 538 g/mol. The van der Waals surface area contributed by atoms with Crippen LogP contribution in [0, 0.1) is 0 Å². The molecule has 0 aromatic heterocycles. The van der Waals surface area contributed by atoms with Gasteiger partial charge in [-0.15, -0.1) is 13.2 Å². The van der Waals surface area contributed by atoms with E-state index >= 15 is 0 Å². The highest BCUT2D eigenvalue weighted by Crippen LogP contribution is 2.26. The lowest BCUT2D eigenvalue weighted by Gasteiger charge is -2.30. The van der Waals surface area contributed by atoms with Gasteiger partial charge in [0.2, 0.25) is 0 Å². The lowest BCUT2D eigenvalue weighted by molar-refractivity contribution is 0.00220. The molecule has 3 aliphatic heterocycles. The fraction of sp³-hybridized carbons (Fsp3) is 0.516. The highest BCUT2D eigenvalue weighted by atomic mass is 16.6. The van der Waals surface area contributed by atoms with E-state index in [9.17, 15) is 9.90 Å². The zero-order valence-corrected chi connectivity index (χ0v) is 24.1. The molecule has 0 radical (unpaired) electrons. The summed E-state index contributed by atoms with van der Waals surface area (Å²) in [4.78, 5) is 22.8. The molecule has 2 N–H and O–H groups in total. The quantitative estimate of drug-likeness (QED) is 0.458. The molecule has 2 saturated heterocycles. The summed E-state index contributed by atoms with van der Waals surface area (Å²) >= 11 is 0. The van der Waals surface area contributed by atoms with Crippen molar-refractivity contribution in [2.75, 3.05) is 33.4 Å². The van der Waals surface area contributed by atoms with Gasteiger partial charge in [0.15, 0.2) is 5.84 Å². The van der Waals surface area contributed by atoms with Gasteiger partial charge in [0.05, 0.1) is 24.8 Å². The summed E-state index contributed by atoms with van der Waals surface area (Å²) in [5.41, 5.74) is 3.12. The largest absolute Gasteiger partial charge is 0.507 e. The van der Waals surface area contributed by atoms with Gasteiger partial charge in [-0.2, -0.15) is 0 Å². The molecular formula is C31H46N4O4. The number of carbonyl (C=O) groups excluding carboxylic acids is 1. The Kier molecular flexibility index (Phi) is 14.1. The number of aromatic hydroxyl groups is 1. The van der Waals surface area contributed by atoms with Gasteiger partial charge in [-0.3, -0.25) is 4.99 Å². The van der Waals surface area contributed by atoms with Crippen LogP contribution in [0.15, 0.2) is 70.7 Å². The zero-order chi connectivity index (χ0) is 28.6. The molecule has 1 aromatic rings. The second kappa shape index (κ2) is 17.2. The Morgan fingerprint density at radius 2 is 1.77 bits per heavy atom. The number of aliphatic imine (C=N–C) groups is 2. The van der Waals surface area contributed by atoms with Crippen LogP contribution in [0.3, 0.4) is 0 Å². The van der Waals surface area contributed by atoms with Crippen LogP contribution in [0.1, 0.15) is 64.9 Å². The Bertz CT molecular complexity index is 1030. The van der Waals surface area contributed by atoms with E-state index in [1.807, 2.05) is 18.2 Å². The SMILES string of the molecule is C=C.CC(C)=C/C=C1/C(N2CCCCCC2)=NC(c2ccccc2O)=NC1C.CNC(=O)OC1CCOCC1. The fourth-order valence-corrected chi connectivity index (χ4v) is 4.44. The van der Waals surface area contributed by atoms with Crippen molar-refractivity contribution in [2.45, 2.75) is 71.4 Å². The molecule has 0 aliphatic carbocycles. The Balaban J connectivity index is 0.000000343. The molecule has 0 spiro atoms. The molecule has 2 fully saturated rings. The predicted octanol–water partition coefficient (Wildman–Crippen LogP) is 6.03. The number of amides is 1. The molecule has 1 aromatic carbocycles. The number of amidine groups is 2. The lowest BCUT2D eigenvalue weighted by atomic mass is 10.0. The number of alkyl carbamates (subject to hydrolysis) is 1. The number of nitrogens with one attached hydrogen (secondary N) is 1.